The molecule has 1 N–H and O–H groups in total. The smallest absolute Gasteiger partial charge is 0.406 e. The molecule has 32 heavy (non-hydrogen) atoms. The number of aryl methyl sites for hydroxylation is 1. The number of hydrogen-bond donors (Lipinski definition) is 1. The maximum Gasteiger partial charge on any atom is 0.573 e. The van der Waals surface area contributed by atoms with Gasteiger partial charge in [-0.1, -0.05) is 6.07 Å². The molecule has 2 aromatic heterocycles. The van der Waals surface area contributed by atoms with Crippen LogP contribution in [0.5, 0.6) is 5.75 Å². The first-order chi connectivity index (χ1) is 15.3. The minimum absolute atomic E-state index is 0.0324. The number of rotatable bonds is 5. The number of halogens is 3. The third-order valence-corrected chi connectivity index (χ3v) is 5.29. The number of carbonyl (C=O) groups excluding carboxylic acids is 1. The Morgan fingerprint density at radius 3 is 2.72 bits per heavy atom. The number of carbonyl (C=O) groups is 1. The van der Waals surface area contributed by atoms with Gasteiger partial charge in [0.05, 0.1) is 18.1 Å². The number of ether oxygens (including phenoxy) is 1. The fourth-order valence-electron chi connectivity index (χ4n) is 3.79. The summed E-state index contributed by atoms with van der Waals surface area (Å²) in [5, 5.41) is 2.53. The Hall–Kier alpha value is -3.69. The molecule has 0 radical (unpaired) electrons. The van der Waals surface area contributed by atoms with Gasteiger partial charge >= 0.3 is 6.36 Å². The van der Waals surface area contributed by atoms with E-state index in [4.69, 9.17) is 0 Å². The minimum Gasteiger partial charge on any atom is -0.406 e. The largest absolute Gasteiger partial charge is 0.573 e. The minimum atomic E-state index is -4.82. The van der Waals surface area contributed by atoms with Crippen molar-refractivity contribution >= 4 is 17.4 Å². The molecule has 1 amide bonds. The number of anilines is 2. The van der Waals surface area contributed by atoms with Crippen LogP contribution in [0, 0.1) is 6.92 Å². The second-order valence-electron chi connectivity index (χ2n) is 7.48. The van der Waals surface area contributed by atoms with E-state index in [1.54, 1.807) is 18.5 Å². The predicted octanol–water partition coefficient (Wildman–Crippen LogP) is 4.32. The molecule has 1 atom stereocenters. The number of aromatic nitrogens is 3. The third kappa shape index (κ3) is 5.13. The topological polar surface area (TPSA) is 80.2 Å². The van der Waals surface area contributed by atoms with Crippen LogP contribution in [0.4, 0.5) is 24.7 Å². The average Bonchev–Trinajstić information content (AvgIpc) is 3.24. The Labute approximate surface area is 182 Å². The van der Waals surface area contributed by atoms with Crippen molar-refractivity contribution in [3.63, 3.8) is 0 Å². The molecule has 1 saturated heterocycles. The van der Waals surface area contributed by atoms with Crippen LogP contribution in [0.15, 0.2) is 55.2 Å². The summed E-state index contributed by atoms with van der Waals surface area (Å²) in [7, 11) is 0. The SMILES string of the molecule is Cc1ccc(C(=O)Nc2cc(OC(F)(F)F)ccn2)cc1[C@@H]1CCN(c2cncnc2)C1. The number of alkyl halides is 3. The Kier molecular flexibility index (Phi) is 5.93. The van der Waals surface area contributed by atoms with Crippen molar-refractivity contribution in [2.24, 2.45) is 0 Å². The fourth-order valence-corrected chi connectivity index (χ4v) is 3.79. The van der Waals surface area contributed by atoms with Gasteiger partial charge in [-0.05, 0) is 42.7 Å². The van der Waals surface area contributed by atoms with Crippen molar-refractivity contribution in [3.8, 4) is 5.75 Å². The second kappa shape index (κ2) is 8.81. The summed E-state index contributed by atoms with van der Waals surface area (Å²) in [5.74, 6) is -0.725. The van der Waals surface area contributed by atoms with Gasteiger partial charge in [0.2, 0.25) is 0 Å². The second-order valence-corrected chi connectivity index (χ2v) is 7.48. The van der Waals surface area contributed by atoms with Gasteiger partial charge in [-0.15, -0.1) is 13.2 Å². The highest BCUT2D eigenvalue weighted by molar-refractivity contribution is 6.04. The summed E-state index contributed by atoms with van der Waals surface area (Å²) in [4.78, 5) is 27.0. The molecule has 0 spiro atoms. The highest BCUT2D eigenvalue weighted by atomic mass is 19.4. The van der Waals surface area contributed by atoms with Crippen LogP contribution >= 0.6 is 0 Å². The number of pyridine rings is 1. The maximum atomic E-state index is 12.7. The van der Waals surface area contributed by atoms with E-state index in [9.17, 15) is 18.0 Å². The lowest BCUT2D eigenvalue weighted by Crippen LogP contribution is -2.20. The van der Waals surface area contributed by atoms with Gasteiger partial charge in [0, 0.05) is 36.8 Å². The summed E-state index contributed by atoms with van der Waals surface area (Å²) in [6.45, 7) is 3.62. The van der Waals surface area contributed by atoms with Crippen molar-refractivity contribution in [2.45, 2.75) is 25.6 Å². The van der Waals surface area contributed by atoms with Gasteiger partial charge < -0.3 is 15.0 Å². The van der Waals surface area contributed by atoms with Crippen molar-refractivity contribution in [1.29, 1.82) is 0 Å². The van der Waals surface area contributed by atoms with Crippen molar-refractivity contribution in [2.75, 3.05) is 23.3 Å². The predicted molar refractivity (Wildman–Crippen MR) is 112 cm³/mol. The molecule has 3 heterocycles. The van der Waals surface area contributed by atoms with E-state index in [0.717, 1.165) is 54.7 Å². The monoisotopic (exact) mass is 443 g/mol. The van der Waals surface area contributed by atoms with Crippen LogP contribution in [-0.4, -0.2) is 40.3 Å². The van der Waals surface area contributed by atoms with Gasteiger partial charge in [-0.2, -0.15) is 0 Å². The molecule has 4 rings (SSSR count). The van der Waals surface area contributed by atoms with E-state index in [-0.39, 0.29) is 11.7 Å². The van der Waals surface area contributed by atoms with Crippen LogP contribution < -0.4 is 15.0 Å². The molecule has 3 aromatic rings. The zero-order valence-corrected chi connectivity index (χ0v) is 17.1. The average molecular weight is 443 g/mol. The molecule has 1 aromatic carbocycles. The molecule has 0 unspecified atom stereocenters. The van der Waals surface area contributed by atoms with Gasteiger partial charge in [-0.25, -0.2) is 15.0 Å². The molecular formula is C22H20F3N5O2. The van der Waals surface area contributed by atoms with Gasteiger partial charge in [0.15, 0.2) is 0 Å². The Morgan fingerprint density at radius 1 is 1.19 bits per heavy atom. The molecule has 0 bridgehead atoms. The highest BCUT2D eigenvalue weighted by Crippen LogP contribution is 2.32. The number of hydrogen-bond acceptors (Lipinski definition) is 6. The van der Waals surface area contributed by atoms with E-state index < -0.39 is 18.0 Å². The zero-order chi connectivity index (χ0) is 22.7. The van der Waals surface area contributed by atoms with Crippen LogP contribution in [0.1, 0.15) is 33.8 Å². The van der Waals surface area contributed by atoms with Crippen LogP contribution in [0.3, 0.4) is 0 Å². The number of benzene rings is 1. The van der Waals surface area contributed by atoms with Crippen LogP contribution in [0.2, 0.25) is 0 Å². The first kappa shape index (κ1) is 21.5. The van der Waals surface area contributed by atoms with Crippen LogP contribution in [0.25, 0.3) is 0 Å². The normalized spacial score (nSPS) is 16.1. The van der Waals surface area contributed by atoms with E-state index in [1.807, 2.05) is 19.1 Å². The van der Waals surface area contributed by atoms with Crippen molar-refractivity contribution in [3.05, 3.63) is 71.9 Å². The molecule has 10 heteroatoms. The molecule has 166 valence electrons. The Bertz CT molecular complexity index is 1110. The molecule has 0 saturated carbocycles. The first-order valence-electron chi connectivity index (χ1n) is 9.92. The van der Waals surface area contributed by atoms with Crippen molar-refractivity contribution < 1.29 is 22.7 Å². The van der Waals surface area contributed by atoms with E-state index in [0.29, 0.717) is 5.56 Å². The summed E-state index contributed by atoms with van der Waals surface area (Å²) in [5.41, 5.74) is 3.47. The number of amides is 1. The summed E-state index contributed by atoms with van der Waals surface area (Å²) >= 11 is 0. The van der Waals surface area contributed by atoms with E-state index in [2.05, 4.69) is 29.9 Å². The lowest BCUT2D eigenvalue weighted by Gasteiger charge is -2.19. The lowest BCUT2D eigenvalue weighted by atomic mass is 9.92. The standard InChI is InChI=1S/C22H20F3N5O2/c1-14-2-3-15(21(31)29-20-9-18(4-6-28-20)32-22(23,24)25)8-19(14)16-5-7-30(12-16)17-10-26-13-27-11-17/h2-4,6,8-11,13,16H,5,7,12H2,1H3,(H,28,29,31)/t16-/m1/s1. The summed E-state index contributed by atoms with van der Waals surface area (Å²) < 4.78 is 41.2. The number of nitrogens with one attached hydrogen (secondary N) is 1. The molecule has 1 fully saturated rings. The Morgan fingerprint density at radius 2 is 1.97 bits per heavy atom. The summed E-state index contributed by atoms with van der Waals surface area (Å²) in [6.07, 6.45) is 2.26. The zero-order valence-electron chi connectivity index (χ0n) is 17.1. The highest BCUT2D eigenvalue weighted by Gasteiger charge is 2.31. The molecule has 1 aliphatic heterocycles. The maximum absolute atomic E-state index is 12.7. The summed E-state index contributed by atoms with van der Waals surface area (Å²) in [6, 6.07) is 7.47. The fraction of sp³-hybridized carbons (Fsp3) is 0.273. The van der Waals surface area contributed by atoms with Gasteiger partial charge in [0.1, 0.15) is 17.9 Å². The third-order valence-electron chi connectivity index (χ3n) is 5.29. The first-order valence-corrected chi connectivity index (χ1v) is 9.92. The number of nitrogens with zero attached hydrogens (tertiary/aromatic N) is 4. The quantitative estimate of drug-likeness (QED) is 0.633. The van der Waals surface area contributed by atoms with Crippen molar-refractivity contribution in [1.82, 2.24) is 15.0 Å². The molecule has 7 nitrogen and oxygen atoms in total. The Balaban J connectivity index is 1.48. The van der Waals surface area contributed by atoms with Gasteiger partial charge in [-0.3, -0.25) is 4.79 Å². The molecular weight excluding hydrogens is 423 g/mol. The lowest BCUT2D eigenvalue weighted by molar-refractivity contribution is -0.274. The van der Waals surface area contributed by atoms with E-state index in [1.165, 1.54) is 6.33 Å². The van der Waals surface area contributed by atoms with Crippen LogP contribution in [-0.2, 0) is 0 Å². The van der Waals surface area contributed by atoms with Gasteiger partial charge in [0.25, 0.3) is 5.91 Å². The molecule has 1 aliphatic rings. The molecule has 0 aliphatic carbocycles. The van der Waals surface area contributed by atoms with E-state index >= 15 is 0 Å².